The molecule has 0 spiro atoms. The summed E-state index contributed by atoms with van der Waals surface area (Å²) in [4.78, 5) is 13.6. The summed E-state index contributed by atoms with van der Waals surface area (Å²) in [6.45, 7) is 1.76. The van der Waals surface area contributed by atoms with Crippen LogP contribution in [0.4, 0.5) is 0 Å². The molecule has 1 aromatic heterocycles. The number of oxazole rings is 1. The van der Waals surface area contributed by atoms with Crippen molar-refractivity contribution in [1.82, 2.24) is 4.98 Å². The van der Waals surface area contributed by atoms with Crippen LogP contribution >= 0.6 is 0 Å². The molecule has 0 amide bonds. The number of rotatable bonds is 1. The molecule has 0 saturated carbocycles. The zero-order valence-electron chi connectivity index (χ0n) is 4.42. The first kappa shape index (κ1) is 7.88. The molecule has 0 aliphatic carbocycles. The molecule has 0 aromatic carbocycles. The lowest BCUT2D eigenvalue weighted by Gasteiger charge is -1.68. The van der Waals surface area contributed by atoms with Crippen LogP contribution in [0.15, 0.2) is 10.7 Å². The van der Waals surface area contributed by atoms with Crippen LogP contribution in [-0.4, -0.2) is 11.3 Å². The maximum atomic E-state index is 9.86. The van der Waals surface area contributed by atoms with E-state index in [2.05, 4.69) is 9.40 Å². The molecule has 0 radical (unpaired) electrons. The van der Waals surface area contributed by atoms with Crippen LogP contribution in [0.2, 0.25) is 0 Å². The normalized spacial score (nSPS) is 8.11. The maximum absolute atomic E-state index is 9.86. The van der Waals surface area contributed by atoms with Crippen molar-refractivity contribution in [2.75, 3.05) is 0 Å². The summed E-state index contributed by atoms with van der Waals surface area (Å²) in [7, 11) is 0. The number of hydrogen-bond donors (Lipinski definition) is 0. The Morgan fingerprint density at radius 2 is 2.44 bits per heavy atom. The van der Waals surface area contributed by atoms with Crippen molar-refractivity contribution in [3.63, 3.8) is 0 Å². The molecule has 0 saturated heterocycles. The van der Waals surface area contributed by atoms with E-state index in [-0.39, 0.29) is 13.3 Å². The predicted molar refractivity (Wildman–Crippen MR) is 33.4 cm³/mol. The molecule has 1 rings (SSSR count). The quantitative estimate of drug-likeness (QED) is 0.536. The fourth-order valence-corrected chi connectivity index (χ4v) is 0.426. The molecule has 1 heterocycles. The van der Waals surface area contributed by atoms with E-state index in [9.17, 15) is 4.79 Å². The second-order valence-electron chi connectivity index (χ2n) is 1.44. The third-order valence-electron chi connectivity index (χ3n) is 0.738. The average Bonchev–Trinajstić information content (AvgIpc) is 2.14. The Morgan fingerprint density at radius 1 is 1.78 bits per heavy atom. The summed E-state index contributed by atoms with van der Waals surface area (Å²) in [6.07, 6.45) is 2.01. The third-order valence-corrected chi connectivity index (χ3v) is 0.738. The number of hydrogen-bond acceptors (Lipinski definition) is 3. The number of carbonyl (C=O) groups excluding carboxylic acids is 1. The molecule has 50 valence electrons. The Bertz CT molecular complexity index is 193. The first-order valence-electron chi connectivity index (χ1n) is 2.20. The summed E-state index contributed by atoms with van der Waals surface area (Å²) < 4.78 is 4.63. The van der Waals surface area contributed by atoms with Crippen molar-refractivity contribution in [1.29, 1.82) is 0 Å². The molecular weight excluding hydrogens is 118 g/mol. The van der Waals surface area contributed by atoms with Gasteiger partial charge in [-0.05, 0) is 6.92 Å². The Hall–Kier alpha value is -1.12. The number of carbonyl (C=O) groups is 1. The molecular formula is C6H9NO2. The van der Waals surface area contributed by atoms with Gasteiger partial charge in [-0.25, -0.2) is 4.98 Å². The van der Waals surface area contributed by atoms with E-state index in [0.29, 0.717) is 6.29 Å². The van der Waals surface area contributed by atoms with Crippen LogP contribution in [0, 0.1) is 6.92 Å². The van der Waals surface area contributed by atoms with Crippen molar-refractivity contribution in [3.8, 4) is 0 Å². The van der Waals surface area contributed by atoms with E-state index in [4.69, 9.17) is 0 Å². The van der Waals surface area contributed by atoms with Gasteiger partial charge in [0.2, 0.25) is 6.29 Å². The maximum Gasteiger partial charge on any atom is 0.259 e. The predicted octanol–water partition coefficient (Wildman–Crippen LogP) is 1.43. The Balaban J connectivity index is 0.000000640. The van der Waals surface area contributed by atoms with Crippen molar-refractivity contribution >= 4 is 6.29 Å². The summed E-state index contributed by atoms with van der Waals surface area (Å²) in [5.41, 5.74) is 0.729. The number of nitrogens with zero attached hydrogens (tertiary/aromatic N) is 1. The van der Waals surface area contributed by atoms with E-state index in [1.54, 1.807) is 6.92 Å². The number of aldehydes is 1. The fourth-order valence-electron chi connectivity index (χ4n) is 0.426. The van der Waals surface area contributed by atoms with Crippen LogP contribution in [-0.2, 0) is 0 Å². The van der Waals surface area contributed by atoms with Gasteiger partial charge >= 0.3 is 0 Å². The first-order valence-corrected chi connectivity index (χ1v) is 2.20. The highest BCUT2D eigenvalue weighted by Gasteiger charge is 1.93. The lowest BCUT2D eigenvalue weighted by atomic mass is 10.6. The van der Waals surface area contributed by atoms with Crippen molar-refractivity contribution in [3.05, 3.63) is 17.8 Å². The zero-order chi connectivity index (χ0) is 5.98. The second kappa shape index (κ2) is 3.02. The van der Waals surface area contributed by atoms with E-state index < -0.39 is 0 Å². The molecule has 0 atom stereocenters. The molecule has 0 aliphatic rings. The lowest BCUT2D eigenvalue weighted by Crippen LogP contribution is -1.76. The van der Waals surface area contributed by atoms with E-state index >= 15 is 0 Å². The van der Waals surface area contributed by atoms with Gasteiger partial charge in [-0.3, -0.25) is 4.79 Å². The van der Waals surface area contributed by atoms with Crippen LogP contribution in [0.1, 0.15) is 23.8 Å². The largest absolute Gasteiger partial charge is 0.442 e. The molecule has 0 unspecified atom stereocenters. The standard InChI is InChI=1S/C5H5NO2.CH4/c1-4-3-8-5(2-7)6-4;/h2-3H,1H3;1H4. The van der Waals surface area contributed by atoms with E-state index in [0.717, 1.165) is 5.69 Å². The van der Waals surface area contributed by atoms with Gasteiger partial charge in [0, 0.05) is 0 Å². The molecule has 0 N–H and O–H groups in total. The van der Waals surface area contributed by atoms with E-state index in [1.807, 2.05) is 0 Å². The molecule has 3 heteroatoms. The average molecular weight is 127 g/mol. The minimum atomic E-state index is 0. The molecule has 3 nitrogen and oxygen atoms in total. The first-order chi connectivity index (χ1) is 3.83. The minimum Gasteiger partial charge on any atom is -0.442 e. The molecule has 0 bridgehead atoms. The molecule has 9 heavy (non-hydrogen) atoms. The van der Waals surface area contributed by atoms with Gasteiger partial charge in [-0.1, -0.05) is 7.43 Å². The zero-order valence-corrected chi connectivity index (χ0v) is 4.42. The topological polar surface area (TPSA) is 43.1 Å². The van der Waals surface area contributed by atoms with Gasteiger partial charge in [-0.15, -0.1) is 0 Å². The SMILES string of the molecule is C.Cc1coc(C=O)n1. The van der Waals surface area contributed by atoms with Gasteiger partial charge in [-0.2, -0.15) is 0 Å². The molecule has 1 aromatic rings. The Morgan fingerprint density at radius 3 is 2.67 bits per heavy atom. The van der Waals surface area contributed by atoms with Gasteiger partial charge in [0.1, 0.15) is 6.26 Å². The fraction of sp³-hybridized carbons (Fsp3) is 0.333. The summed E-state index contributed by atoms with van der Waals surface area (Å²) >= 11 is 0. The van der Waals surface area contributed by atoms with Gasteiger partial charge in [0.15, 0.2) is 0 Å². The highest BCUT2D eigenvalue weighted by Crippen LogP contribution is 1.94. The van der Waals surface area contributed by atoms with Crippen LogP contribution < -0.4 is 0 Å². The summed E-state index contributed by atoms with van der Waals surface area (Å²) in [5, 5.41) is 0. The summed E-state index contributed by atoms with van der Waals surface area (Å²) in [5.74, 6) is 0.141. The van der Waals surface area contributed by atoms with Crippen molar-refractivity contribution in [2.45, 2.75) is 14.4 Å². The van der Waals surface area contributed by atoms with Crippen LogP contribution in [0.3, 0.4) is 0 Å². The van der Waals surface area contributed by atoms with E-state index in [1.165, 1.54) is 6.26 Å². The van der Waals surface area contributed by atoms with Gasteiger partial charge < -0.3 is 4.42 Å². The highest BCUT2D eigenvalue weighted by molar-refractivity contribution is 5.67. The van der Waals surface area contributed by atoms with Gasteiger partial charge in [0.05, 0.1) is 5.69 Å². The van der Waals surface area contributed by atoms with Crippen molar-refractivity contribution < 1.29 is 9.21 Å². The van der Waals surface area contributed by atoms with Crippen molar-refractivity contribution in [2.24, 2.45) is 0 Å². The van der Waals surface area contributed by atoms with Gasteiger partial charge in [0.25, 0.3) is 5.89 Å². The lowest BCUT2D eigenvalue weighted by molar-refractivity contribution is 0.109. The monoisotopic (exact) mass is 127 g/mol. The highest BCUT2D eigenvalue weighted by atomic mass is 16.3. The van der Waals surface area contributed by atoms with Crippen LogP contribution in [0.25, 0.3) is 0 Å². The third kappa shape index (κ3) is 1.68. The molecule has 0 aliphatic heterocycles. The second-order valence-corrected chi connectivity index (χ2v) is 1.44. The number of aryl methyl sites for hydroxylation is 1. The molecule has 0 fully saturated rings. The minimum absolute atomic E-state index is 0. The smallest absolute Gasteiger partial charge is 0.259 e. The Labute approximate surface area is 53.7 Å². The summed E-state index contributed by atoms with van der Waals surface area (Å²) in [6, 6.07) is 0. The van der Waals surface area contributed by atoms with Crippen LogP contribution in [0.5, 0.6) is 0 Å². The Kier molecular flexibility index (Phi) is 2.64. The number of aromatic nitrogens is 1.